The molecule has 2 saturated carbocycles. The minimum absolute atomic E-state index is 0.0269. The van der Waals surface area contributed by atoms with E-state index in [0.717, 1.165) is 33.9 Å². The van der Waals surface area contributed by atoms with Crippen LogP contribution in [-0.4, -0.2) is 36.3 Å². The second-order valence-electron chi connectivity index (χ2n) is 9.88. The number of aromatic amines is 2. The van der Waals surface area contributed by atoms with Crippen LogP contribution in [0, 0.1) is 31.6 Å². The van der Waals surface area contributed by atoms with Crippen molar-refractivity contribution in [1.29, 1.82) is 0 Å². The number of H-pyrrole nitrogens is 2. The summed E-state index contributed by atoms with van der Waals surface area (Å²) in [4.78, 5) is 21.5. The Morgan fingerprint density at radius 3 is 2.34 bits per heavy atom. The molecule has 0 radical (unpaired) electrons. The third kappa shape index (κ3) is 4.36. The number of pyridine rings is 1. The van der Waals surface area contributed by atoms with E-state index in [1.54, 1.807) is 6.20 Å². The minimum atomic E-state index is -0.363. The molecular weight excluding hydrogens is 438 g/mol. The molecule has 0 saturated heterocycles. The fourth-order valence-electron chi connectivity index (χ4n) is 5.32. The average Bonchev–Trinajstić information content (AvgIpc) is 3.81. The molecule has 0 spiro atoms. The second kappa shape index (κ2) is 8.76. The maximum Gasteiger partial charge on any atom is 0.235 e. The maximum atomic E-state index is 13.8. The predicted molar refractivity (Wildman–Crippen MR) is 133 cm³/mol. The lowest BCUT2D eigenvalue weighted by atomic mass is 9.82. The molecule has 3 aromatic heterocycles. The number of nitrogens with one attached hydrogen (secondary N) is 3. The third-order valence-electron chi connectivity index (χ3n) is 7.28. The largest absolute Gasteiger partial charge is 0.325 e. The van der Waals surface area contributed by atoms with Gasteiger partial charge in [0.25, 0.3) is 0 Å². The van der Waals surface area contributed by atoms with Crippen molar-refractivity contribution in [2.24, 2.45) is 17.8 Å². The summed E-state index contributed by atoms with van der Waals surface area (Å²) in [6.07, 6.45) is 6.47. The highest BCUT2D eigenvalue weighted by Gasteiger charge is 2.49. The number of rotatable bonds is 8. The van der Waals surface area contributed by atoms with Gasteiger partial charge in [-0.3, -0.25) is 14.9 Å². The van der Waals surface area contributed by atoms with Crippen molar-refractivity contribution < 1.29 is 4.79 Å². The number of nitrogens with zero attached hydrogens (tertiary/aromatic N) is 4. The van der Waals surface area contributed by atoms with Gasteiger partial charge < -0.3 is 10.3 Å². The molecule has 178 valence electrons. The molecule has 1 atom stereocenters. The molecule has 8 nitrogen and oxygen atoms in total. The van der Waals surface area contributed by atoms with Crippen molar-refractivity contribution in [2.75, 3.05) is 5.32 Å². The van der Waals surface area contributed by atoms with Gasteiger partial charge in [-0.2, -0.15) is 5.10 Å². The molecule has 4 aromatic rings. The predicted octanol–water partition coefficient (Wildman–Crippen LogP) is 5.03. The van der Waals surface area contributed by atoms with Crippen molar-refractivity contribution in [2.45, 2.75) is 45.4 Å². The van der Waals surface area contributed by atoms with Crippen LogP contribution in [0.15, 0.2) is 48.7 Å². The van der Waals surface area contributed by atoms with Gasteiger partial charge >= 0.3 is 0 Å². The van der Waals surface area contributed by atoms with E-state index in [1.807, 2.05) is 56.3 Å². The van der Waals surface area contributed by atoms with Gasteiger partial charge in [-0.1, -0.05) is 18.2 Å². The van der Waals surface area contributed by atoms with E-state index in [1.165, 1.54) is 25.7 Å². The zero-order chi connectivity index (χ0) is 23.9. The molecular formula is C27H29N7O. The average molecular weight is 468 g/mol. The lowest BCUT2D eigenvalue weighted by Gasteiger charge is -2.24. The summed E-state index contributed by atoms with van der Waals surface area (Å²) in [6, 6.07) is 13.7. The first-order chi connectivity index (χ1) is 17.1. The SMILES string of the molecule is Cc1n[nH]c(C)c1-c1ccc(NC(=O)C(c2nnc(-c3ccccn3)[nH]2)C(C2CC2)C2CC2)cc1. The quantitative estimate of drug-likeness (QED) is 0.336. The molecule has 1 amide bonds. The van der Waals surface area contributed by atoms with E-state index >= 15 is 0 Å². The van der Waals surface area contributed by atoms with Crippen LogP contribution in [-0.2, 0) is 4.79 Å². The van der Waals surface area contributed by atoms with Crippen LogP contribution in [0.2, 0.25) is 0 Å². The van der Waals surface area contributed by atoms with Crippen molar-refractivity contribution in [3.05, 3.63) is 65.9 Å². The number of hydrogen-bond donors (Lipinski definition) is 3. The topological polar surface area (TPSA) is 112 Å². The van der Waals surface area contributed by atoms with Crippen molar-refractivity contribution >= 4 is 11.6 Å². The van der Waals surface area contributed by atoms with Crippen LogP contribution >= 0.6 is 0 Å². The summed E-state index contributed by atoms with van der Waals surface area (Å²) in [7, 11) is 0. The molecule has 0 bridgehead atoms. The van der Waals surface area contributed by atoms with Crippen LogP contribution in [0.25, 0.3) is 22.6 Å². The fraction of sp³-hybridized carbons (Fsp3) is 0.370. The molecule has 3 N–H and O–H groups in total. The normalized spacial score (nSPS) is 16.4. The number of aryl methyl sites for hydroxylation is 2. The zero-order valence-corrected chi connectivity index (χ0v) is 20.0. The molecule has 3 heterocycles. The first-order valence-electron chi connectivity index (χ1n) is 12.4. The van der Waals surface area contributed by atoms with Crippen molar-refractivity contribution in [1.82, 2.24) is 30.4 Å². The first kappa shape index (κ1) is 21.7. The highest BCUT2D eigenvalue weighted by molar-refractivity contribution is 5.96. The lowest BCUT2D eigenvalue weighted by Crippen LogP contribution is -2.31. The highest BCUT2D eigenvalue weighted by Crippen LogP contribution is 2.54. The van der Waals surface area contributed by atoms with Gasteiger partial charge in [-0.25, -0.2) is 0 Å². The number of benzene rings is 1. The van der Waals surface area contributed by atoms with Crippen molar-refractivity contribution in [3.63, 3.8) is 0 Å². The van der Waals surface area contributed by atoms with Gasteiger partial charge in [0.15, 0.2) is 5.82 Å². The standard InChI is InChI=1S/C27H29N7O/c1-15-22(16(2)32-31-15)17-10-12-20(13-11-17)29-27(35)24(23(18-6-7-18)19-8-9-19)26-30-25(33-34-26)21-5-3-4-14-28-21/h3-5,10-14,18-19,23-24H,6-9H2,1-2H3,(H,29,35)(H,31,32)(H,30,33,34). The summed E-state index contributed by atoms with van der Waals surface area (Å²) in [5, 5.41) is 19.3. The maximum absolute atomic E-state index is 13.8. The van der Waals surface area contributed by atoms with E-state index in [9.17, 15) is 4.79 Å². The van der Waals surface area contributed by atoms with Crippen molar-refractivity contribution in [3.8, 4) is 22.6 Å². The van der Waals surface area contributed by atoms with E-state index in [-0.39, 0.29) is 17.7 Å². The lowest BCUT2D eigenvalue weighted by molar-refractivity contribution is -0.119. The van der Waals surface area contributed by atoms with Gasteiger partial charge in [0.2, 0.25) is 5.91 Å². The van der Waals surface area contributed by atoms with Gasteiger partial charge in [0.05, 0.1) is 5.69 Å². The molecule has 6 rings (SSSR count). The van der Waals surface area contributed by atoms with Crippen LogP contribution < -0.4 is 5.32 Å². The molecule has 2 fully saturated rings. The minimum Gasteiger partial charge on any atom is -0.325 e. The summed E-state index contributed by atoms with van der Waals surface area (Å²) >= 11 is 0. The van der Waals surface area contributed by atoms with Gasteiger partial charge in [-0.15, -0.1) is 10.2 Å². The number of anilines is 1. The Labute approximate surface area is 204 Å². The van der Waals surface area contributed by atoms with E-state index < -0.39 is 0 Å². The summed E-state index contributed by atoms with van der Waals surface area (Å²) in [6.45, 7) is 4.01. The first-order valence-corrected chi connectivity index (χ1v) is 12.4. The molecule has 35 heavy (non-hydrogen) atoms. The molecule has 1 aromatic carbocycles. The monoisotopic (exact) mass is 467 g/mol. The van der Waals surface area contributed by atoms with Crippen LogP contribution in [0.4, 0.5) is 5.69 Å². The Hall–Kier alpha value is -3.81. The van der Waals surface area contributed by atoms with E-state index in [0.29, 0.717) is 23.5 Å². The van der Waals surface area contributed by atoms with E-state index in [4.69, 9.17) is 0 Å². The molecule has 0 aliphatic heterocycles. The summed E-state index contributed by atoms with van der Waals surface area (Å²) in [5.74, 6) is 2.29. The number of carbonyl (C=O) groups excluding carboxylic acids is 1. The fourth-order valence-corrected chi connectivity index (χ4v) is 5.32. The van der Waals surface area contributed by atoms with Crippen LogP contribution in [0.3, 0.4) is 0 Å². The molecule has 8 heteroatoms. The Bertz CT molecular complexity index is 1300. The Morgan fingerprint density at radius 1 is 1.00 bits per heavy atom. The second-order valence-corrected chi connectivity index (χ2v) is 9.88. The molecule has 1 unspecified atom stereocenters. The van der Waals surface area contributed by atoms with Gasteiger partial charge in [-0.05, 0) is 87.1 Å². The number of hydrogen-bond acceptors (Lipinski definition) is 5. The van der Waals surface area contributed by atoms with Crippen LogP contribution in [0.5, 0.6) is 0 Å². The highest BCUT2D eigenvalue weighted by atomic mass is 16.2. The van der Waals surface area contributed by atoms with Crippen LogP contribution in [0.1, 0.15) is 48.8 Å². The molecule has 2 aliphatic rings. The van der Waals surface area contributed by atoms with Gasteiger partial charge in [0.1, 0.15) is 17.4 Å². The summed E-state index contributed by atoms with van der Waals surface area (Å²) < 4.78 is 0. The Balaban J connectivity index is 1.28. The number of aromatic nitrogens is 6. The third-order valence-corrected chi connectivity index (χ3v) is 7.28. The Kier molecular flexibility index (Phi) is 5.43. The zero-order valence-electron chi connectivity index (χ0n) is 20.0. The van der Waals surface area contributed by atoms with Gasteiger partial charge in [0, 0.05) is 23.1 Å². The summed E-state index contributed by atoms with van der Waals surface area (Å²) in [5.41, 5.74) is 5.67. The Morgan fingerprint density at radius 2 is 1.74 bits per heavy atom. The van der Waals surface area contributed by atoms with E-state index in [2.05, 4.69) is 35.7 Å². The number of carbonyl (C=O) groups is 1. The smallest absolute Gasteiger partial charge is 0.235 e. The molecule has 2 aliphatic carbocycles. The number of amides is 1.